The Labute approximate surface area is 587 Å². The van der Waals surface area contributed by atoms with Gasteiger partial charge in [0.05, 0.1) is 89.1 Å². The van der Waals surface area contributed by atoms with Crippen LogP contribution in [0.15, 0.2) is 120 Å². The standard InChI is InChI=1S/C13H18N6O2.C10H13N5O4.C10H14N4O3.C10H12N2O4.C9H13N3O3.C8H11N3O3S/c14-13-17-11(16-7-1-2-7)10-12(18-13)19(6-15-10)9-4-3-8(5-20)21-9;1-5-3-15(10(18)12-9(5)17)8-2-6(13-14-11)7(4-16)19-8;15-3-6-1-2-7(17-6)14-5-13-8-9(14)11-4-12-10(8)16;1-6-4-12(10(15)11-9(6)14)8-3-2-7(5-13)16-8;10-7-3-4-12(9(14)11-7)8-2-1-6(5-13)15-8;9-5-1-2-11(8(13)10-5)6-4-15-7(3-12)14-6/h3-4,6-10,12,20H,1-2,5H2,(H3,14,16,17,18);3,6-8,16H,2,4H2,1H3,(H,12,17,18);4-9,15H,1-3H2,(H,11,12,16);2-4,7-8,13H,5H2,1H3,(H,11,14,15);3-4,6,8,13H,1-2,5H2,(H2,10,11,14);1-2,6-7,12H,3-4H2,(H2,9,10,13)/t8-,9+,10?,12?;6?,7-,8-;6-,7+,8?,9?;7-,8+;6-,8+;6-,7-/m010000/s1. The lowest BCUT2D eigenvalue weighted by molar-refractivity contribution is -0.123. The van der Waals surface area contributed by atoms with Crippen molar-refractivity contribution in [1.82, 2.24) is 58.6 Å². The number of carbonyl (C=O) groups is 1. The van der Waals surface area contributed by atoms with Crippen molar-refractivity contribution in [3.05, 3.63) is 145 Å². The van der Waals surface area contributed by atoms with Gasteiger partial charge in [-0.2, -0.15) is 15.0 Å². The number of H-pyrrole nitrogens is 2. The van der Waals surface area contributed by atoms with Crippen LogP contribution in [0.1, 0.15) is 81.0 Å². The first-order valence-corrected chi connectivity index (χ1v) is 33.7. The van der Waals surface area contributed by atoms with Gasteiger partial charge < -0.3 is 96.7 Å². The van der Waals surface area contributed by atoms with Crippen LogP contribution in [0.25, 0.3) is 10.4 Å². The van der Waals surface area contributed by atoms with Crippen molar-refractivity contribution in [3.8, 4) is 0 Å². The first-order valence-electron chi connectivity index (χ1n) is 32.7. The molecule has 1 saturated carbocycles. The maximum absolute atomic E-state index is 11.7. The maximum atomic E-state index is 11.7. The monoisotopic (exact) mass is 1460 g/mol. The molecule has 556 valence electrons. The number of nitrogens with one attached hydrogen (secondary N) is 4. The number of rotatable bonds is 14. The van der Waals surface area contributed by atoms with Crippen molar-refractivity contribution in [1.29, 1.82) is 0 Å². The first kappa shape index (κ1) is 76.0. The highest BCUT2D eigenvalue weighted by molar-refractivity contribution is 8.00. The summed E-state index contributed by atoms with van der Waals surface area (Å²) in [5.74, 6) is 1.93. The summed E-state index contributed by atoms with van der Waals surface area (Å²) >= 11 is 1.47. The van der Waals surface area contributed by atoms with Crippen molar-refractivity contribution in [2.75, 3.05) is 56.9 Å². The number of ether oxygens (including phenoxy) is 6. The van der Waals surface area contributed by atoms with Gasteiger partial charge in [0, 0.05) is 53.0 Å². The molecule has 14 heterocycles. The molecule has 4 aromatic heterocycles. The van der Waals surface area contributed by atoms with Gasteiger partial charge in [0.25, 0.3) is 17.0 Å². The van der Waals surface area contributed by atoms with Gasteiger partial charge >= 0.3 is 22.8 Å². The molecule has 16 N–H and O–H groups in total. The Morgan fingerprint density at radius 1 is 0.621 bits per heavy atom. The van der Waals surface area contributed by atoms with E-state index in [4.69, 9.17) is 81.8 Å². The second kappa shape index (κ2) is 35.1. The molecule has 15 rings (SSSR count). The van der Waals surface area contributed by atoms with Crippen molar-refractivity contribution in [3.63, 3.8) is 0 Å². The van der Waals surface area contributed by atoms with E-state index in [-0.39, 0.29) is 131 Å². The molecule has 17 atom stereocenters. The second-order valence-electron chi connectivity index (χ2n) is 24.4. The number of hydrogen-bond donors (Lipinski definition) is 13. The van der Waals surface area contributed by atoms with Crippen LogP contribution < -0.4 is 61.7 Å². The molecule has 103 heavy (non-hydrogen) atoms. The Bertz CT molecular complexity index is 4200. The zero-order chi connectivity index (χ0) is 73.6. The fraction of sp³-hybridized carbons (Fsp3) is 0.567. The summed E-state index contributed by atoms with van der Waals surface area (Å²) < 4.78 is 38.3. The molecular formula is C60H81N23O19S. The predicted octanol–water partition coefficient (Wildman–Crippen LogP) is -4.55. The van der Waals surface area contributed by atoms with Gasteiger partial charge in [-0.1, -0.05) is 17.3 Å². The van der Waals surface area contributed by atoms with Crippen LogP contribution in [0.3, 0.4) is 0 Å². The number of hydrogen-bond acceptors (Lipinski definition) is 33. The zero-order valence-corrected chi connectivity index (χ0v) is 56.4. The number of aromatic nitrogens is 8. The number of nitrogen functional groups attached to an aromatic ring is 2. The van der Waals surface area contributed by atoms with E-state index >= 15 is 0 Å². The van der Waals surface area contributed by atoms with Gasteiger partial charge in [0.1, 0.15) is 66.4 Å². The highest BCUT2D eigenvalue weighted by Crippen LogP contribution is 2.34. The fourth-order valence-electron chi connectivity index (χ4n) is 11.6. The summed E-state index contributed by atoms with van der Waals surface area (Å²) in [5, 5.41) is 63.2. The molecule has 1 aliphatic carbocycles. The molecule has 0 bridgehead atoms. The maximum Gasteiger partial charge on any atom is 0.351 e. The zero-order valence-electron chi connectivity index (χ0n) is 55.6. The quantitative estimate of drug-likeness (QED) is 0.0245. The van der Waals surface area contributed by atoms with Crippen molar-refractivity contribution >= 4 is 60.1 Å². The smallest absolute Gasteiger partial charge is 0.351 e. The third-order valence-corrected chi connectivity index (χ3v) is 18.2. The number of aliphatic hydroxyl groups excluding tert-OH is 6. The third kappa shape index (κ3) is 19.0. The van der Waals surface area contributed by atoms with Crippen LogP contribution in [0, 0.1) is 13.8 Å². The van der Waals surface area contributed by atoms with Crippen molar-refractivity contribution < 1.29 is 63.9 Å². The third-order valence-electron chi connectivity index (χ3n) is 17.1. The highest BCUT2D eigenvalue weighted by atomic mass is 32.2. The van der Waals surface area contributed by atoms with E-state index in [1.807, 2.05) is 22.0 Å². The van der Waals surface area contributed by atoms with E-state index in [1.165, 1.54) is 48.8 Å². The Balaban J connectivity index is 0.000000133. The van der Waals surface area contributed by atoms with Gasteiger partial charge in [-0.3, -0.25) is 57.6 Å². The number of nitrogens with zero attached hydrogens (tertiary/aromatic N) is 16. The Morgan fingerprint density at radius 3 is 1.78 bits per heavy atom. The number of guanidine groups is 1. The topological polar surface area (TPSA) is 592 Å². The highest BCUT2D eigenvalue weighted by Gasteiger charge is 2.45. The van der Waals surface area contributed by atoms with Gasteiger partial charge in [0.2, 0.25) is 0 Å². The molecule has 0 radical (unpaired) electrons. The molecule has 4 aromatic rings. The predicted molar refractivity (Wildman–Crippen MR) is 368 cm³/mol. The largest absolute Gasteiger partial charge is 0.394 e. The Morgan fingerprint density at radius 2 is 1.20 bits per heavy atom. The van der Waals surface area contributed by atoms with Crippen molar-refractivity contribution in [2.45, 2.75) is 169 Å². The molecular weight excluding hydrogens is 1380 g/mol. The molecule has 10 aliphatic heterocycles. The van der Waals surface area contributed by atoms with E-state index in [9.17, 15) is 33.6 Å². The van der Waals surface area contributed by atoms with Crippen LogP contribution in [-0.2, 0) is 33.2 Å². The van der Waals surface area contributed by atoms with Crippen LogP contribution in [0.2, 0.25) is 0 Å². The summed E-state index contributed by atoms with van der Waals surface area (Å²) in [6.07, 6.45) is 19.0. The lowest BCUT2D eigenvalue weighted by Gasteiger charge is -2.34. The fourth-order valence-corrected chi connectivity index (χ4v) is 12.5. The molecule has 43 heteroatoms. The number of aromatic amines is 2. The minimum atomic E-state index is -0.671. The van der Waals surface area contributed by atoms with E-state index in [2.05, 4.69) is 65.6 Å². The van der Waals surface area contributed by atoms with E-state index in [1.54, 1.807) is 63.2 Å². The second-order valence-corrected chi connectivity index (χ2v) is 25.6. The average Bonchev–Trinajstić information content (AvgIpc) is 1.63. The van der Waals surface area contributed by atoms with E-state index in [0.717, 1.165) is 32.1 Å². The molecule has 4 saturated heterocycles. The van der Waals surface area contributed by atoms with Crippen LogP contribution in [0.4, 0.5) is 11.6 Å². The van der Waals surface area contributed by atoms with Crippen molar-refractivity contribution in [2.24, 2.45) is 35.8 Å². The number of aliphatic imine (C=N–C) groups is 5. The minimum absolute atomic E-state index is 0.0202. The SMILES string of the molecule is Cc1cn([C@H]2C=C[C@@H](CO)O2)c(=O)[nH]c1=O.Cc1cn([C@H]2CC(N=[N+]=[N-])[C@@H](CO)O2)c(=O)[nH]c1=O.NC1=NC(=NC2CC2)C2N=CN([C@H]3C=C[C@@H](CO)O3)C2N1.Nc1ccn([C@@H]2CS[C@@H](CO)O2)c(=O)n1.Nc1ccn([C@H]2CC[C@@H](CO)O2)c(=O)n1.O=C1NC=NC2C1N=CN2[C@H]1CC[C@@H](CO)O1. The number of anilines is 2. The number of amidine groups is 1. The van der Waals surface area contributed by atoms with Gasteiger partial charge in [-0.15, -0.1) is 11.8 Å². The van der Waals surface area contributed by atoms with E-state index < -0.39 is 70.6 Å². The van der Waals surface area contributed by atoms with Crippen LogP contribution >= 0.6 is 11.8 Å². The average molecular weight is 1460 g/mol. The summed E-state index contributed by atoms with van der Waals surface area (Å²) in [6.45, 7) is 2.65. The van der Waals surface area contributed by atoms with E-state index in [0.29, 0.717) is 41.1 Å². The van der Waals surface area contributed by atoms with Gasteiger partial charge in [-0.05, 0) is 82.2 Å². The molecule has 5 unspecified atom stereocenters. The molecule has 0 aromatic carbocycles. The molecule has 42 nitrogen and oxygen atoms in total. The summed E-state index contributed by atoms with van der Waals surface area (Å²) in [7, 11) is 0. The lowest BCUT2D eigenvalue weighted by atomic mass is 10.1. The number of fused-ring (bicyclic) bond motifs is 2. The molecule has 11 aliphatic rings. The van der Waals surface area contributed by atoms with Crippen LogP contribution in [0.5, 0.6) is 0 Å². The summed E-state index contributed by atoms with van der Waals surface area (Å²) in [6, 6.07) is 2.29. The molecule has 0 spiro atoms. The Kier molecular flexibility index (Phi) is 25.9. The lowest BCUT2D eigenvalue weighted by Crippen LogP contribution is -2.59. The number of thioether (sulfide) groups is 1. The first-order chi connectivity index (χ1) is 49.6. The number of nitrogens with two attached hydrogens (primary N) is 3. The molecule has 1 amide bonds. The number of carbonyl (C=O) groups excluding carboxylic acids is 1. The van der Waals surface area contributed by atoms with Crippen LogP contribution in [-0.4, -0.2) is 246 Å². The van der Waals surface area contributed by atoms with Gasteiger partial charge in [-0.25, -0.2) is 24.2 Å². The number of amides is 1. The molecule has 5 fully saturated rings. The summed E-state index contributed by atoms with van der Waals surface area (Å²) in [5.41, 5.74) is 22.8. The van der Waals surface area contributed by atoms with Gasteiger partial charge in [0.15, 0.2) is 36.5 Å². The number of azide groups is 1. The summed E-state index contributed by atoms with van der Waals surface area (Å²) in [4.78, 5) is 120. The minimum Gasteiger partial charge on any atom is -0.394 e. The number of aryl methyl sites for hydroxylation is 2. The number of aliphatic hydroxyl groups is 6. The normalized spacial score (nSPS) is 30.6. The Hall–Kier alpha value is -9.60.